The number of carbonyl (C=O) groups is 2. The van der Waals surface area contributed by atoms with E-state index in [-0.39, 0.29) is 25.2 Å². The number of rotatable bonds is 17. The Kier molecular flexibility index (Phi) is 17.6. The number of hydrogen-bond acceptors (Lipinski definition) is 4. The molecule has 8 heteroatoms. The molecule has 3 aliphatic rings. The van der Waals surface area contributed by atoms with Gasteiger partial charge in [0.15, 0.2) is 0 Å². The van der Waals surface area contributed by atoms with Gasteiger partial charge in [0.2, 0.25) is 17.3 Å². The number of amides is 1. The highest BCUT2D eigenvalue weighted by molar-refractivity contribution is 6.52. The molecule has 2 aromatic heterocycles. The molecule has 0 saturated carbocycles. The molecule has 105 heavy (non-hydrogen) atoms. The van der Waals surface area contributed by atoms with E-state index in [9.17, 15) is 14.7 Å². The largest absolute Gasteiger partial charge is 0.550 e. The third kappa shape index (κ3) is 12.3. The minimum absolute atomic E-state index is 0.0577. The van der Waals surface area contributed by atoms with Gasteiger partial charge in [0.25, 0.3) is 0 Å². The van der Waals surface area contributed by atoms with Gasteiger partial charge in [-0.3, -0.25) is 4.79 Å². The SMILES string of the molecule is O=C([O-])CCCC(=O)Nc1ccccc1C1=C2N=C(C(c3ccccc3)=C2c2ccccc2)C(c2ccccc2)=c2[nH]c(c(-c3ccccc3)c2-c2ccccc2)=C(c2ccccc2)C2=[NH+]C(=C(c3ccccc3)c3[nH]c1c(-c1ccccc1)c3-c1ccccc1)C(c1ccccc1)=C2c1ccccc1. The molecule has 0 fully saturated rings. The summed E-state index contributed by atoms with van der Waals surface area (Å²) in [7, 11) is 0. The van der Waals surface area contributed by atoms with E-state index < -0.39 is 5.97 Å². The molecule has 14 aromatic rings. The van der Waals surface area contributed by atoms with Crippen LogP contribution in [0.25, 0.3) is 89.1 Å². The fourth-order valence-electron chi connectivity index (χ4n) is 15.4. The van der Waals surface area contributed by atoms with E-state index in [0.717, 1.165) is 156 Å². The minimum atomic E-state index is -1.21. The van der Waals surface area contributed by atoms with Gasteiger partial charge < -0.3 is 25.2 Å². The maximum absolute atomic E-state index is 14.8. The number of anilines is 1. The summed E-state index contributed by atoms with van der Waals surface area (Å²) in [4.78, 5) is 46.6. The van der Waals surface area contributed by atoms with Crippen molar-refractivity contribution in [1.82, 2.24) is 9.97 Å². The molecule has 0 atom stereocenters. The van der Waals surface area contributed by atoms with Gasteiger partial charge in [-0.05, 0) is 80.1 Å². The van der Waals surface area contributed by atoms with Crippen LogP contribution in [0.3, 0.4) is 0 Å². The van der Waals surface area contributed by atoms with Gasteiger partial charge in [-0.25, -0.2) is 9.98 Å². The second-order valence-corrected chi connectivity index (χ2v) is 26.3. The summed E-state index contributed by atoms with van der Waals surface area (Å²) >= 11 is 0. The number of benzene rings is 12. The summed E-state index contributed by atoms with van der Waals surface area (Å²) in [5.41, 5.74) is 27.1. The Bertz CT molecular complexity index is 5970. The summed E-state index contributed by atoms with van der Waals surface area (Å²) in [5, 5.41) is 17.0. The van der Waals surface area contributed by atoms with Crippen molar-refractivity contribution in [2.24, 2.45) is 4.99 Å². The Morgan fingerprint density at radius 1 is 0.314 bits per heavy atom. The van der Waals surface area contributed by atoms with Crippen LogP contribution in [0.2, 0.25) is 0 Å². The zero-order valence-electron chi connectivity index (χ0n) is 57.4. The van der Waals surface area contributed by atoms with Crippen LogP contribution >= 0.6 is 0 Å². The molecule has 4 N–H and O–H groups in total. The first-order valence-corrected chi connectivity index (χ1v) is 35.6. The molecule has 2 aliphatic heterocycles. The number of nitrogens with one attached hydrogen (secondary N) is 4. The molecule has 500 valence electrons. The van der Waals surface area contributed by atoms with Gasteiger partial charge in [-0.2, -0.15) is 0 Å². The summed E-state index contributed by atoms with van der Waals surface area (Å²) < 4.78 is 0. The number of carboxylic acids is 1. The maximum Gasteiger partial charge on any atom is 0.224 e. The average Bonchev–Trinajstić information content (AvgIpc) is 1.56. The Morgan fingerprint density at radius 3 is 1.09 bits per heavy atom. The molecular weight excluding hydrogens is 1280 g/mol. The average molecular weight is 1350 g/mol. The predicted octanol–water partition coefficient (Wildman–Crippen LogP) is 17.7. The minimum Gasteiger partial charge on any atom is -0.550 e. The van der Waals surface area contributed by atoms with Crippen molar-refractivity contribution in [1.29, 1.82) is 0 Å². The lowest BCUT2D eigenvalue weighted by Crippen LogP contribution is -2.69. The van der Waals surface area contributed by atoms with E-state index in [0.29, 0.717) is 28.2 Å². The number of aromatic amines is 2. The molecule has 12 aromatic carbocycles. The van der Waals surface area contributed by atoms with E-state index in [1.165, 1.54) is 0 Å². The Morgan fingerprint density at radius 2 is 0.648 bits per heavy atom. The Hall–Kier alpha value is -13.8. The Balaban J connectivity index is 1.22. The smallest absolute Gasteiger partial charge is 0.224 e. The number of hydrogen-bond donors (Lipinski definition) is 4. The van der Waals surface area contributed by atoms with E-state index in [1.807, 2.05) is 18.2 Å². The van der Waals surface area contributed by atoms with Crippen molar-refractivity contribution in [2.45, 2.75) is 19.3 Å². The number of aromatic nitrogens is 2. The van der Waals surface area contributed by atoms with E-state index >= 15 is 0 Å². The third-order valence-electron chi connectivity index (χ3n) is 19.9. The van der Waals surface area contributed by atoms with E-state index in [1.54, 1.807) is 0 Å². The molecule has 8 bridgehead atoms. The fourth-order valence-corrected chi connectivity index (χ4v) is 15.4. The zero-order chi connectivity index (χ0) is 70.6. The van der Waals surface area contributed by atoms with E-state index in [2.05, 4.69) is 360 Å². The van der Waals surface area contributed by atoms with Crippen LogP contribution in [0.1, 0.15) is 75.2 Å². The van der Waals surface area contributed by atoms with Crippen LogP contribution < -0.4 is 26.1 Å². The van der Waals surface area contributed by atoms with Crippen molar-refractivity contribution in [2.75, 3.05) is 5.32 Å². The lowest BCUT2D eigenvalue weighted by Gasteiger charge is -2.19. The number of aliphatic carboxylic acids is 1. The number of carbonyl (C=O) groups excluding carboxylic acids is 2. The quantitative estimate of drug-likeness (QED) is 0.0725. The first-order chi connectivity index (χ1) is 51.9. The molecule has 0 unspecified atom stereocenters. The molecule has 17 rings (SSSR count). The van der Waals surface area contributed by atoms with Crippen LogP contribution in [0.5, 0.6) is 0 Å². The summed E-state index contributed by atoms with van der Waals surface area (Å²) in [6.45, 7) is 0. The van der Waals surface area contributed by atoms with Crippen LogP contribution in [-0.2, 0) is 9.59 Å². The van der Waals surface area contributed by atoms with Crippen molar-refractivity contribution >= 4 is 73.6 Å². The normalized spacial score (nSPS) is 13.5. The van der Waals surface area contributed by atoms with Crippen LogP contribution in [-0.4, -0.2) is 33.3 Å². The lowest BCUT2D eigenvalue weighted by molar-refractivity contribution is -0.381. The van der Waals surface area contributed by atoms with Gasteiger partial charge in [0, 0.05) is 68.2 Å². The predicted molar refractivity (Wildman–Crippen MR) is 426 cm³/mol. The topological polar surface area (TPSA) is 127 Å². The molecular formula is C97H69N5O3. The molecule has 0 radical (unpaired) electrons. The van der Waals surface area contributed by atoms with Crippen molar-refractivity contribution in [3.8, 4) is 44.5 Å². The van der Waals surface area contributed by atoms with Gasteiger partial charge in [-0.1, -0.05) is 352 Å². The van der Waals surface area contributed by atoms with Crippen LogP contribution in [0.15, 0.2) is 374 Å². The summed E-state index contributed by atoms with van der Waals surface area (Å²) in [5.74, 6) is -1.56. The highest BCUT2D eigenvalue weighted by Crippen LogP contribution is 2.54. The molecule has 8 nitrogen and oxygen atoms in total. The number of allylic oxidation sites excluding steroid dienone is 4. The highest BCUT2D eigenvalue weighted by atomic mass is 16.4. The van der Waals surface area contributed by atoms with Crippen molar-refractivity contribution in [3.05, 3.63) is 436 Å². The van der Waals surface area contributed by atoms with Crippen molar-refractivity contribution < 1.29 is 19.7 Å². The van der Waals surface area contributed by atoms with E-state index in [4.69, 9.17) is 4.99 Å². The first-order valence-electron chi connectivity index (χ1n) is 35.6. The maximum atomic E-state index is 14.8. The monoisotopic (exact) mass is 1350 g/mol. The summed E-state index contributed by atoms with van der Waals surface area (Å²) in [6, 6.07) is 126. The number of carboxylic acid groups (broad SMARTS) is 1. The van der Waals surface area contributed by atoms with Gasteiger partial charge >= 0.3 is 0 Å². The van der Waals surface area contributed by atoms with Crippen LogP contribution in [0.4, 0.5) is 5.69 Å². The highest BCUT2D eigenvalue weighted by Gasteiger charge is 2.43. The number of fused-ring (bicyclic) bond motifs is 10. The van der Waals surface area contributed by atoms with Crippen LogP contribution in [0, 0.1) is 0 Å². The van der Waals surface area contributed by atoms with Gasteiger partial charge in [0.1, 0.15) is 0 Å². The second kappa shape index (κ2) is 28.7. The molecule has 0 spiro atoms. The van der Waals surface area contributed by atoms with Gasteiger partial charge in [-0.15, -0.1) is 0 Å². The number of H-pyrrole nitrogens is 2. The number of aliphatic imine (C=N–C) groups is 1. The molecule has 4 heterocycles. The fraction of sp³-hybridized carbons (Fsp3) is 0.0309. The standard InChI is InChI=1S/C97H69N5O3/c103-76(61-36-62-77(104)105)98-75-60-35-34-59-74(75)89-96-84(69-49-24-7-25-50-69)82(67-45-20-5-21-46-67)94(101-96)87(72-55-30-10-31-56-72)92-80(65-41-16-3-17-42-65)78(63-37-12-1-13-38-63)90(99-92)86(71-53-28-9-29-54-71)91-79(64-39-14-2-15-40-64)81(66-43-18-4-19-44-66)93(100-91)88(73-57-32-11-33-58-73)95-83(68-47-22-6-23-48-68)85(97(89)102-95)70-51-26-8-27-52-70/h1-35,37-60,99,102H,36,61-62H2,(H,98,103)(H,104,105). The first kappa shape index (κ1) is 64.5. The Labute approximate surface area is 609 Å². The van der Waals surface area contributed by atoms with Crippen molar-refractivity contribution in [3.63, 3.8) is 0 Å². The molecule has 1 amide bonds. The zero-order valence-corrected chi connectivity index (χ0v) is 57.4. The molecule has 0 saturated heterocycles. The third-order valence-corrected chi connectivity index (χ3v) is 19.9. The number of nitrogens with zero attached hydrogens (tertiary/aromatic N) is 1. The molecule has 1 aliphatic carbocycles. The lowest BCUT2D eigenvalue weighted by atomic mass is 9.83. The summed E-state index contributed by atoms with van der Waals surface area (Å²) in [6.07, 6.45) is -0.233. The number of para-hydroxylation sites is 1. The van der Waals surface area contributed by atoms with Gasteiger partial charge in [0.05, 0.1) is 55.8 Å². The second-order valence-electron chi connectivity index (χ2n) is 26.3.